The number of amides is 2. The number of aliphatic hydroxyl groups is 1. The first kappa shape index (κ1) is 21.8. The summed E-state index contributed by atoms with van der Waals surface area (Å²) in [6.07, 6.45) is 3.91. The van der Waals surface area contributed by atoms with Gasteiger partial charge in [-0.2, -0.15) is 0 Å². The van der Waals surface area contributed by atoms with Crippen molar-refractivity contribution in [3.63, 3.8) is 0 Å². The van der Waals surface area contributed by atoms with Crippen LogP contribution < -0.4 is 5.32 Å². The molecule has 0 saturated carbocycles. The van der Waals surface area contributed by atoms with Crippen LogP contribution in [-0.4, -0.2) is 89.8 Å². The van der Waals surface area contributed by atoms with E-state index in [2.05, 4.69) is 15.2 Å². The van der Waals surface area contributed by atoms with E-state index in [1.807, 2.05) is 35.4 Å². The van der Waals surface area contributed by atoms with Crippen molar-refractivity contribution in [1.29, 1.82) is 0 Å². The molecule has 0 radical (unpaired) electrons. The molecule has 2 aliphatic rings. The van der Waals surface area contributed by atoms with Crippen molar-refractivity contribution >= 4 is 22.7 Å². The monoisotopic (exact) mass is 428 g/mol. The number of β-amino-alcohol motifs (C(OH)–C–C–N with tert-alkyl or cyclic N) is 1. The highest BCUT2D eigenvalue weighted by atomic mass is 16.5. The van der Waals surface area contributed by atoms with Gasteiger partial charge in [0.15, 0.2) is 0 Å². The van der Waals surface area contributed by atoms with E-state index >= 15 is 0 Å². The Morgan fingerprint density at radius 3 is 2.81 bits per heavy atom. The van der Waals surface area contributed by atoms with Gasteiger partial charge in [0.05, 0.1) is 25.2 Å². The number of methoxy groups -OCH3 is 1. The van der Waals surface area contributed by atoms with Gasteiger partial charge >= 0.3 is 0 Å². The normalized spacial score (nSPS) is 22.8. The largest absolute Gasteiger partial charge is 0.392 e. The predicted octanol–water partition coefficient (Wildman–Crippen LogP) is 0.899. The first-order valence-electron chi connectivity index (χ1n) is 11.1. The maximum atomic E-state index is 12.9. The fraction of sp³-hybridized carbons (Fsp3) is 0.565. The number of aromatic nitrogens is 1. The number of hydrogen-bond acceptors (Lipinski definition) is 5. The highest BCUT2D eigenvalue weighted by Crippen LogP contribution is 2.27. The van der Waals surface area contributed by atoms with E-state index in [0.717, 1.165) is 29.3 Å². The Morgan fingerprint density at radius 2 is 2.03 bits per heavy atom. The van der Waals surface area contributed by atoms with Crippen molar-refractivity contribution in [3.05, 3.63) is 36.0 Å². The average molecular weight is 429 g/mol. The molecule has 31 heavy (non-hydrogen) atoms. The number of hydrogen-bond donors (Lipinski definition) is 3. The number of carbonyl (C=O) groups is 2. The molecule has 2 amide bonds. The summed E-state index contributed by atoms with van der Waals surface area (Å²) in [6, 6.07) is 7.91. The van der Waals surface area contributed by atoms with Crippen LogP contribution in [0.3, 0.4) is 0 Å². The molecular formula is C23H32N4O4. The molecule has 0 spiro atoms. The zero-order chi connectivity index (χ0) is 21.8. The van der Waals surface area contributed by atoms with E-state index in [0.29, 0.717) is 45.6 Å². The van der Waals surface area contributed by atoms with E-state index in [1.54, 1.807) is 7.11 Å². The highest BCUT2D eigenvalue weighted by Gasteiger charge is 2.40. The Morgan fingerprint density at radius 1 is 1.26 bits per heavy atom. The fourth-order valence-corrected chi connectivity index (χ4v) is 4.89. The molecule has 2 atom stereocenters. The molecule has 8 nitrogen and oxygen atoms in total. The molecule has 168 valence electrons. The summed E-state index contributed by atoms with van der Waals surface area (Å²) in [5, 5.41) is 14.2. The number of ether oxygens (including phenoxy) is 1. The quantitative estimate of drug-likeness (QED) is 0.570. The summed E-state index contributed by atoms with van der Waals surface area (Å²) < 4.78 is 5.00. The number of aliphatic hydroxyl groups excluding tert-OH is 1. The fourth-order valence-electron chi connectivity index (χ4n) is 4.89. The molecule has 0 aliphatic carbocycles. The summed E-state index contributed by atoms with van der Waals surface area (Å²) in [6.45, 7) is 2.80. The molecule has 2 aliphatic heterocycles. The Balaban J connectivity index is 1.32. The second-order valence-corrected chi connectivity index (χ2v) is 8.53. The molecule has 0 bridgehead atoms. The number of carbonyl (C=O) groups excluding carboxylic acids is 2. The Bertz CT molecular complexity index is 906. The van der Waals surface area contributed by atoms with E-state index < -0.39 is 6.10 Å². The molecule has 8 heteroatoms. The number of likely N-dealkylation sites (tertiary alicyclic amines) is 2. The lowest BCUT2D eigenvalue weighted by Crippen LogP contribution is -2.52. The van der Waals surface area contributed by atoms with Gasteiger partial charge in [-0.25, -0.2) is 0 Å². The molecule has 2 fully saturated rings. The number of nitrogens with zero attached hydrogens (tertiary/aromatic N) is 2. The number of H-pyrrole nitrogens is 1. The molecule has 2 saturated heterocycles. The smallest absolute Gasteiger partial charge is 0.237 e. The van der Waals surface area contributed by atoms with Crippen LogP contribution in [-0.2, 0) is 20.7 Å². The first-order valence-corrected chi connectivity index (χ1v) is 11.1. The van der Waals surface area contributed by atoms with Crippen LogP contribution >= 0.6 is 0 Å². The second-order valence-electron chi connectivity index (χ2n) is 8.53. The van der Waals surface area contributed by atoms with Crippen LogP contribution in [0.2, 0.25) is 0 Å². The first-order chi connectivity index (χ1) is 15.1. The molecule has 0 unspecified atom stereocenters. The summed E-state index contributed by atoms with van der Waals surface area (Å²) in [4.78, 5) is 32.8. The minimum atomic E-state index is -0.486. The lowest BCUT2D eigenvalue weighted by atomic mass is 10.0. The summed E-state index contributed by atoms with van der Waals surface area (Å²) in [5.74, 6) is 0.0879. The lowest BCUT2D eigenvalue weighted by Gasteiger charge is -2.39. The zero-order valence-electron chi connectivity index (χ0n) is 18.0. The maximum absolute atomic E-state index is 12.9. The topological polar surface area (TPSA) is 97.9 Å². The zero-order valence-corrected chi connectivity index (χ0v) is 18.0. The lowest BCUT2D eigenvalue weighted by molar-refractivity contribution is -0.133. The Hall–Kier alpha value is -2.42. The van der Waals surface area contributed by atoms with Crippen molar-refractivity contribution in [3.8, 4) is 0 Å². The van der Waals surface area contributed by atoms with Crippen molar-refractivity contribution < 1.29 is 19.4 Å². The number of para-hydroxylation sites is 1. The van der Waals surface area contributed by atoms with Crippen LogP contribution in [0.15, 0.2) is 30.5 Å². The standard InChI is InChI=1S/C23H32N4O4/c1-31-11-8-24-23(30)21-13-18(28)15-27(21)17-6-9-26(10-7-17)22(29)12-16-14-25-20-5-3-2-4-19(16)20/h2-5,14,17-18,21,25,28H,6-13,15H2,1H3,(H,24,30)/t18-,21+/m1/s1. The number of benzene rings is 1. The van der Waals surface area contributed by atoms with Crippen molar-refractivity contribution in [1.82, 2.24) is 20.1 Å². The minimum Gasteiger partial charge on any atom is -0.392 e. The number of fused-ring (bicyclic) bond motifs is 1. The van der Waals surface area contributed by atoms with Crippen molar-refractivity contribution in [2.75, 3.05) is 39.9 Å². The third-order valence-corrected chi connectivity index (χ3v) is 6.53. The molecule has 2 aromatic rings. The minimum absolute atomic E-state index is 0.0496. The average Bonchev–Trinajstić information content (AvgIpc) is 3.38. The molecule has 3 N–H and O–H groups in total. The van der Waals surface area contributed by atoms with E-state index in [4.69, 9.17) is 4.74 Å². The number of piperidine rings is 1. The van der Waals surface area contributed by atoms with Crippen LogP contribution in [0.5, 0.6) is 0 Å². The van der Waals surface area contributed by atoms with Crippen molar-refractivity contribution in [2.24, 2.45) is 0 Å². The summed E-state index contributed by atoms with van der Waals surface area (Å²) >= 11 is 0. The summed E-state index contributed by atoms with van der Waals surface area (Å²) in [7, 11) is 1.60. The molecule has 1 aromatic heterocycles. The van der Waals surface area contributed by atoms with Gasteiger partial charge in [-0.3, -0.25) is 14.5 Å². The Kier molecular flexibility index (Phi) is 6.89. The third-order valence-electron chi connectivity index (χ3n) is 6.53. The summed E-state index contributed by atoms with van der Waals surface area (Å²) in [5.41, 5.74) is 2.07. The van der Waals surface area contributed by atoms with Crippen LogP contribution in [0.4, 0.5) is 0 Å². The molecule has 4 rings (SSSR count). The maximum Gasteiger partial charge on any atom is 0.237 e. The Labute approximate surface area is 182 Å². The van der Waals surface area contributed by atoms with Gasteiger partial charge in [0.25, 0.3) is 0 Å². The van der Waals surface area contributed by atoms with Crippen LogP contribution in [0.1, 0.15) is 24.8 Å². The van der Waals surface area contributed by atoms with Crippen molar-refractivity contribution in [2.45, 2.75) is 43.9 Å². The van der Waals surface area contributed by atoms with Crippen LogP contribution in [0.25, 0.3) is 10.9 Å². The van der Waals surface area contributed by atoms with Gasteiger partial charge in [0.2, 0.25) is 11.8 Å². The predicted molar refractivity (Wildman–Crippen MR) is 118 cm³/mol. The number of rotatable bonds is 7. The van der Waals surface area contributed by atoms with E-state index in [9.17, 15) is 14.7 Å². The van der Waals surface area contributed by atoms with Gasteiger partial charge in [0.1, 0.15) is 0 Å². The van der Waals surface area contributed by atoms with Gasteiger partial charge in [-0.05, 0) is 30.9 Å². The van der Waals surface area contributed by atoms with Gasteiger partial charge in [-0.1, -0.05) is 18.2 Å². The van der Waals surface area contributed by atoms with Gasteiger partial charge in [0, 0.05) is 56.4 Å². The molecular weight excluding hydrogens is 396 g/mol. The van der Waals surface area contributed by atoms with E-state index in [-0.39, 0.29) is 23.9 Å². The molecule has 3 heterocycles. The SMILES string of the molecule is COCCNC(=O)[C@@H]1C[C@@H](O)CN1C1CCN(C(=O)Cc2c[nH]c3ccccc23)CC1. The van der Waals surface area contributed by atoms with Crippen LogP contribution in [0, 0.1) is 0 Å². The molecule has 1 aromatic carbocycles. The number of aromatic amines is 1. The van der Waals surface area contributed by atoms with E-state index in [1.165, 1.54) is 0 Å². The van der Waals surface area contributed by atoms with Gasteiger partial charge in [-0.15, -0.1) is 0 Å². The highest BCUT2D eigenvalue weighted by molar-refractivity contribution is 5.89. The van der Waals surface area contributed by atoms with Gasteiger partial charge < -0.3 is 25.0 Å². The second kappa shape index (κ2) is 9.80. The number of nitrogens with one attached hydrogen (secondary N) is 2. The third kappa shape index (κ3) is 4.92.